The molecule has 0 aromatic heterocycles. The third-order valence-electron chi connectivity index (χ3n) is 6.39. The summed E-state index contributed by atoms with van der Waals surface area (Å²) in [6.45, 7) is 11.1. The van der Waals surface area contributed by atoms with Crippen LogP contribution in [0.25, 0.3) is 0 Å². The SMILES string of the molecule is C#Cc1ccccc1C(C(=O)NC(C)CCC)N(C(=O)C(CCC(N)=O)NC(=O)OC(C)(C)C)C1CC1C. The maximum atomic E-state index is 14.2. The van der Waals surface area contributed by atoms with Crippen LogP contribution in [0.3, 0.4) is 0 Å². The van der Waals surface area contributed by atoms with Crippen molar-refractivity contribution in [3.05, 3.63) is 35.4 Å². The Bertz CT molecular complexity index is 1060. The van der Waals surface area contributed by atoms with Gasteiger partial charge in [0.25, 0.3) is 0 Å². The summed E-state index contributed by atoms with van der Waals surface area (Å²) in [6, 6.07) is 4.50. The molecule has 1 aliphatic rings. The second kappa shape index (κ2) is 13.3. The molecule has 0 bridgehead atoms. The van der Waals surface area contributed by atoms with Crippen molar-refractivity contribution in [1.82, 2.24) is 15.5 Å². The first-order chi connectivity index (χ1) is 17.8. The van der Waals surface area contributed by atoms with Crippen molar-refractivity contribution in [3.63, 3.8) is 0 Å². The van der Waals surface area contributed by atoms with Gasteiger partial charge in [0.15, 0.2) is 0 Å². The van der Waals surface area contributed by atoms with E-state index in [-0.39, 0.29) is 36.8 Å². The second-order valence-electron chi connectivity index (χ2n) is 11.1. The zero-order valence-electron chi connectivity index (χ0n) is 23.4. The van der Waals surface area contributed by atoms with Gasteiger partial charge in [-0.15, -0.1) is 6.42 Å². The number of rotatable bonds is 12. The van der Waals surface area contributed by atoms with E-state index in [4.69, 9.17) is 16.9 Å². The molecule has 5 atom stereocenters. The number of primary amides is 1. The monoisotopic (exact) mass is 526 g/mol. The summed E-state index contributed by atoms with van der Waals surface area (Å²) in [7, 11) is 0. The summed E-state index contributed by atoms with van der Waals surface area (Å²) in [5.41, 5.74) is 5.59. The number of hydrogen-bond acceptors (Lipinski definition) is 5. The van der Waals surface area contributed by atoms with Crippen molar-refractivity contribution in [2.24, 2.45) is 11.7 Å². The first-order valence-corrected chi connectivity index (χ1v) is 13.2. The average molecular weight is 527 g/mol. The molecule has 1 aliphatic carbocycles. The number of alkyl carbamates (subject to hydrolysis) is 1. The van der Waals surface area contributed by atoms with Gasteiger partial charge < -0.3 is 26.0 Å². The van der Waals surface area contributed by atoms with Crippen molar-refractivity contribution in [2.45, 2.75) is 103 Å². The number of amides is 4. The summed E-state index contributed by atoms with van der Waals surface area (Å²) in [5, 5.41) is 5.65. The van der Waals surface area contributed by atoms with E-state index in [1.807, 2.05) is 20.8 Å². The van der Waals surface area contributed by atoms with Crippen molar-refractivity contribution in [1.29, 1.82) is 0 Å². The predicted molar refractivity (Wildman–Crippen MR) is 146 cm³/mol. The molecule has 4 N–H and O–H groups in total. The van der Waals surface area contributed by atoms with Crippen molar-refractivity contribution >= 4 is 23.8 Å². The largest absolute Gasteiger partial charge is 0.444 e. The van der Waals surface area contributed by atoms with E-state index < -0.39 is 35.6 Å². The molecule has 9 nitrogen and oxygen atoms in total. The first kappa shape index (κ1) is 30.7. The summed E-state index contributed by atoms with van der Waals surface area (Å²) >= 11 is 0. The minimum absolute atomic E-state index is 0.0393. The topological polar surface area (TPSA) is 131 Å². The van der Waals surface area contributed by atoms with Gasteiger partial charge in [0.1, 0.15) is 17.7 Å². The molecule has 1 aromatic rings. The normalized spacial score (nSPS) is 18.8. The predicted octanol–water partition coefficient (Wildman–Crippen LogP) is 3.41. The number of ether oxygens (including phenoxy) is 1. The zero-order chi connectivity index (χ0) is 28.6. The molecule has 38 heavy (non-hydrogen) atoms. The number of carbonyl (C=O) groups is 4. The number of hydrogen-bond donors (Lipinski definition) is 3. The van der Waals surface area contributed by atoms with E-state index in [9.17, 15) is 19.2 Å². The molecule has 0 saturated heterocycles. The Morgan fingerprint density at radius 1 is 1.18 bits per heavy atom. The molecule has 1 saturated carbocycles. The summed E-state index contributed by atoms with van der Waals surface area (Å²) in [6.07, 6.45) is 7.15. The van der Waals surface area contributed by atoms with Crippen LogP contribution in [0.4, 0.5) is 4.79 Å². The van der Waals surface area contributed by atoms with E-state index in [1.54, 1.807) is 45.0 Å². The minimum Gasteiger partial charge on any atom is -0.444 e. The van der Waals surface area contributed by atoms with Crippen LogP contribution in [0.5, 0.6) is 0 Å². The van der Waals surface area contributed by atoms with Gasteiger partial charge in [0, 0.05) is 24.1 Å². The lowest BCUT2D eigenvalue weighted by Gasteiger charge is -2.36. The maximum absolute atomic E-state index is 14.2. The molecule has 9 heteroatoms. The fourth-order valence-electron chi connectivity index (χ4n) is 4.46. The third kappa shape index (κ3) is 8.79. The van der Waals surface area contributed by atoms with E-state index in [0.29, 0.717) is 17.5 Å². The average Bonchev–Trinajstić information content (AvgIpc) is 3.54. The lowest BCUT2D eigenvalue weighted by Crippen LogP contribution is -2.54. The Labute approximate surface area is 226 Å². The van der Waals surface area contributed by atoms with Crippen LogP contribution >= 0.6 is 0 Å². The van der Waals surface area contributed by atoms with Crippen LogP contribution in [-0.4, -0.2) is 52.4 Å². The van der Waals surface area contributed by atoms with Gasteiger partial charge in [-0.25, -0.2) is 4.79 Å². The van der Waals surface area contributed by atoms with Crippen molar-refractivity contribution in [2.75, 3.05) is 0 Å². The first-order valence-electron chi connectivity index (χ1n) is 13.2. The van der Waals surface area contributed by atoms with Gasteiger partial charge in [-0.1, -0.05) is 44.4 Å². The van der Waals surface area contributed by atoms with Gasteiger partial charge >= 0.3 is 6.09 Å². The smallest absolute Gasteiger partial charge is 0.408 e. The second-order valence-corrected chi connectivity index (χ2v) is 11.1. The highest BCUT2D eigenvalue weighted by Crippen LogP contribution is 2.41. The molecule has 0 aliphatic heterocycles. The molecule has 5 unspecified atom stereocenters. The number of benzene rings is 1. The van der Waals surface area contributed by atoms with Gasteiger partial charge in [-0.2, -0.15) is 0 Å². The summed E-state index contributed by atoms with van der Waals surface area (Å²) in [5.74, 6) is 1.31. The van der Waals surface area contributed by atoms with E-state index in [0.717, 1.165) is 12.8 Å². The lowest BCUT2D eigenvalue weighted by atomic mass is 9.96. The molecule has 2 rings (SSSR count). The minimum atomic E-state index is -1.13. The highest BCUT2D eigenvalue weighted by Gasteiger charge is 2.48. The Morgan fingerprint density at radius 3 is 2.34 bits per heavy atom. The van der Waals surface area contributed by atoms with E-state index in [2.05, 4.69) is 16.6 Å². The van der Waals surface area contributed by atoms with Gasteiger partial charge in [-0.05, 0) is 64.5 Å². The summed E-state index contributed by atoms with van der Waals surface area (Å²) in [4.78, 5) is 53.8. The standard InChI is InChI=1S/C29H42N4O5/c1-8-12-19(4)31-26(35)25(21-14-11-10-13-20(21)9-2)33(23-17-18(23)3)27(36)22(15-16-24(30)34)32-28(37)38-29(5,6)7/h2,10-11,13-14,18-19,22-23,25H,8,12,15-17H2,1,3-7H3,(H2,30,34)(H,31,35)(H,32,37). The van der Waals surface area contributed by atoms with Crippen LogP contribution < -0.4 is 16.4 Å². The number of nitrogens with zero attached hydrogens (tertiary/aromatic N) is 1. The molecule has 0 radical (unpaired) electrons. The van der Waals surface area contributed by atoms with Crippen LogP contribution in [0.2, 0.25) is 0 Å². The third-order valence-corrected chi connectivity index (χ3v) is 6.39. The van der Waals surface area contributed by atoms with E-state index >= 15 is 0 Å². The van der Waals surface area contributed by atoms with E-state index in [1.165, 1.54) is 4.90 Å². The van der Waals surface area contributed by atoms with Crippen LogP contribution in [-0.2, 0) is 19.1 Å². The zero-order valence-corrected chi connectivity index (χ0v) is 23.4. The van der Waals surface area contributed by atoms with Crippen LogP contribution in [0, 0.1) is 18.3 Å². The number of terminal acetylenes is 1. The van der Waals surface area contributed by atoms with Gasteiger partial charge in [0.2, 0.25) is 17.7 Å². The molecule has 0 heterocycles. The lowest BCUT2D eigenvalue weighted by molar-refractivity contribution is -0.144. The fourth-order valence-corrected chi connectivity index (χ4v) is 4.46. The fraction of sp³-hybridized carbons (Fsp3) is 0.586. The highest BCUT2D eigenvalue weighted by molar-refractivity contribution is 5.93. The quantitative estimate of drug-likeness (QED) is 0.359. The Balaban J connectivity index is 2.55. The Kier molecular flexibility index (Phi) is 10.7. The number of nitrogens with one attached hydrogen (secondary N) is 2. The molecular formula is C29H42N4O5. The molecule has 4 amide bonds. The van der Waals surface area contributed by atoms with Crippen molar-refractivity contribution < 1.29 is 23.9 Å². The molecule has 208 valence electrons. The molecule has 1 aromatic carbocycles. The molecular weight excluding hydrogens is 484 g/mol. The Hall–Kier alpha value is -3.54. The summed E-state index contributed by atoms with van der Waals surface area (Å²) < 4.78 is 5.37. The molecule has 0 spiro atoms. The maximum Gasteiger partial charge on any atom is 0.408 e. The molecule has 1 fully saturated rings. The van der Waals surface area contributed by atoms with Crippen molar-refractivity contribution in [3.8, 4) is 12.3 Å². The highest BCUT2D eigenvalue weighted by atomic mass is 16.6. The van der Waals surface area contributed by atoms with Gasteiger partial charge in [0.05, 0.1) is 0 Å². The number of carbonyl (C=O) groups excluding carboxylic acids is 4. The Morgan fingerprint density at radius 2 is 1.82 bits per heavy atom. The number of nitrogens with two attached hydrogens (primary N) is 1. The van der Waals surface area contributed by atoms with Crippen LogP contribution in [0.15, 0.2) is 24.3 Å². The van der Waals surface area contributed by atoms with Crippen LogP contribution in [0.1, 0.15) is 90.8 Å². The van der Waals surface area contributed by atoms with Gasteiger partial charge in [-0.3, -0.25) is 14.4 Å².